The number of hydrogen-bond acceptors (Lipinski definition) is 2. The Labute approximate surface area is 76.1 Å². The first-order valence-corrected chi connectivity index (χ1v) is 5.35. The lowest BCUT2D eigenvalue weighted by molar-refractivity contribution is 1.62. The number of thioether (sulfide) groups is 2. The summed E-state index contributed by atoms with van der Waals surface area (Å²) in [5, 5.41) is 5.19. The summed E-state index contributed by atoms with van der Waals surface area (Å²) in [4.78, 5) is 0. The van der Waals surface area contributed by atoms with E-state index in [0.29, 0.717) is 0 Å². The monoisotopic (exact) mass is 182 g/mol. The van der Waals surface area contributed by atoms with E-state index in [0.717, 1.165) is 16.2 Å². The zero-order valence-electron chi connectivity index (χ0n) is 6.25. The Morgan fingerprint density at radius 3 is 1.91 bits per heavy atom. The Balaban J connectivity index is 2.71. The summed E-state index contributed by atoms with van der Waals surface area (Å²) in [6.45, 7) is 7.76. The molecule has 0 aromatic heterocycles. The van der Waals surface area contributed by atoms with Gasteiger partial charge in [-0.15, -0.1) is 23.5 Å². The third kappa shape index (κ3) is 3.04. The molecule has 0 N–H and O–H groups in total. The second-order valence-electron chi connectivity index (χ2n) is 2.11. The molecule has 1 aliphatic rings. The molecule has 2 heteroatoms. The van der Waals surface area contributed by atoms with Gasteiger partial charge in [0.2, 0.25) is 0 Å². The van der Waals surface area contributed by atoms with Gasteiger partial charge in [-0.25, -0.2) is 0 Å². The van der Waals surface area contributed by atoms with Gasteiger partial charge in [-0.3, -0.25) is 0 Å². The molecule has 1 aliphatic heterocycles. The summed E-state index contributed by atoms with van der Waals surface area (Å²) in [5.74, 6) is 0. The van der Waals surface area contributed by atoms with Gasteiger partial charge >= 0.3 is 0 Å². The molecule has 0 nitrogen and oxygen atoms in total. The maximum atomic E-state index is 3.88. The molecule has 0 aliphatic carbocycles. The van der Waals surface area contributed by atoms with Crippen LogP contribution >= 0.6 is 23.5 Å². The van der Waals surface area contributed by atoms with Crippen molar-refractivity contribution in [2.45, 2.75) is 0 Å². The van der Waals surface area contributed by atoms with Crippen molar-refractivity contribution in [1.29, 1.82) is 0 Å². The van der Waals surface area contributed by atoms with Crippen LogP contribution in [0.4, 0.5) is 0 Å². The topological polar surface area (TPSA) is 0 Å². The molecule has 0 amide bonds. The molecule has 0 spiro atoms. The first kappa shape index (κ1) is 8.75. The van der Waals surface area contributed by atoms with Crippen LogP contribution in [0.3, 0.4) is 0 Å². The predicted molar refractivity (Wildman–Crippen MR) is 56.6 cm³/mol. The van der Waals surface area contributed by atoms with Crippen LogP contribution in [0.2, 0.25) is 0 Å². The van der Waals surface area contributed by atoms with E-state index in [-0.39, 0.29) is 0 Å². The molecule has 1 heterocycles. The maximum absolute atomic E-state index is 3.88. The molecule has 11 heavy (non-hydrogen) atoms. The van der Waals surface area contributed by atoms with Crippen molar-refractivity contribution in [3.63, 3.8) is 0 Å². The minimum Gasteiger partial charge on any atom is -0.123 e. The maximum Gasteiger partial charge on any atom is 0.0474 e. The highest BCUT2D eigenvalue weighted by Gasteiger charge is 1.93. The summed E-state index contributed by atoms with van der Waals surface area (Å²) in [5.41, 5.74) is 1.99. The fourth-order valence-corrected chi connectivity index (χ4v) is 2.06. The normalized spacial score (nSPS) is 25.1. The van der Waals surface area contributed by atoms with Gasteiger partial charge in [0.1, 0.15) is 0 Å². The van der Waals surface area contributed by atoms with E-state index in [2.05, 4.69) is 24.0 Å². The van der Waals surface area contributed by atoms with Crippen molar-refractivity contribution in [3.05, 3.63) is 47.3 Å². The summed E-state index contributed by atoms with van der Waals surface area (Å²) in [7, 11) is 0. The largest absolute Gasteiger partial charge is 0.123 e. The predicted octanol–water partition coefficient (Wildman–Crippen LogP) is 3.56. The first-order chi connectivity index (χ1) is 5.30. The molecule has 0 saturated carbocycles. The summed E-state index contributed by atoms with van der Waals surface area (Å²) in [6.07, 6.45) is 4.01. The SMILES string of the molecule is C=C1/C=C\SCS/C=C\C1=C. The smallest absolute Gasteiger partial charge is 0.0474 e. The zero-order chi connectivity index (χ0) is 8.10. The van der Waals surface area contributed by atoms with Gasteiger partial charge in [0, 0.05) is 5.08 Å². The van der Waals surface area contributed by atoms with Crippen LogP contribution in [0.1, 0.15) is 0 Å². The Hall–Kier alpha value is -0.340. The summed E-state index contributed by atoms with van der Waals surface area (Å²) >= 11 is 3.55. The third-order valence-electron chi connectivity index (χ3n) is 1.28. The van der Waals surface area contributed by atoms with E-state index in [1.165, 1.54) is 0 Å². The van der Waals surface area contributed by atoms with Crippen molar-refractivity contribution >= 4 is 23.5 Å². The van der Waals surface area contributed by atoms with Crippen molar-refractivity contribution in [2.24, 2.45) is 0 Å². The van der Waals surface area contributed by atoms with Crippen molar-refractivity contribution in [3.8, 4) is 0 Å². The van der Waals surface area contributed by atoms with Gasteiger partial charge in [-0.1, -0.05) is 13.2 Å². The van der Waals surface area contributed by atoms with Crippen molar-refractivity contribution in [2.75, 3.05) is 5.08 Å². The van der Waals surface area contributed by atoms with E-state index in [1.54, 1.807) is 23.5 Å². The average molecular weight is 182 g/mol. The summed E-state index contributed by atoms with van der Waals surface area (Å²) in [6, 6.07) is 0. The number of rotatable bonds is 0. The van der Waals surface area contributed by atoms with E-state index >= 15 is 0 Å². The fraction of sp³-hybridized carbons (Fsp3) is 0.111. The quantitative estimate of drug-likeness (QED) is 0.562. The van der Waals surface area contributed by atoms with Crippen molar-refractivity contribution < 1.29 is 0 Å². The van der Waals surface area contributed by atoms with Crippen LogP contribution in [0.25, 0.3) is 0 Å². The van der Waals surface area contributed by atoms with Gasteiger partial charge in [0.05, 0.1) is 0 Å². The molecule has 0 unspecified atom stereocenters. The van der Waals surface area contributed by atoms with Crippen LogP contribution in [-0.4, -0.2) is 5.08 Å². The van der Waals surface area contributed by atoms with Crippen LogP contribution < -0.4 is 0 Å². The van der Waals surface area contributed by atoms with Crippen LogP contribution in [0.15, 0.2) is 47.3 Å². The highest BCUT2D eigenvalue weighted by atomic mass is 32.2. The van der Waals surface area contributed by atoms with Crippen LogP contribution in [0, 0.1) is 0 Å². The van der Waals surface area contributed by atoms with E-state index in [1.807, 2.05) is 12.2 Å². The second kappa shape index (κ2) is 4.52. The molecule has 0 saturated heterocycles. The molecule has 0 atom stereocenters. The standard InChI is InChI=1S/C9H10S2/c1-8-3-5-10-7-11-6-4-9(8)2/h3-6H,1-2,7H2/b5-3-,6-4-. The minimum atomic E-state index is 0.997. The molecule has 0 fully saturated rings. The molecule has 1 rings (SSSR count). The highest BCUT2D eigenvalue weighted by Crippen LogP contribution is 2.20. The van der Waals surface area contributed by atoms with Gasteiger partial charge in [-0.05, 0) is 34.1 Å². The number of hydrogen-bond donors (Lipinski definition) is 0. The van der Waals surface area contributed by atoms with Gasteiger partial charge in [0.15, 0.2) is 0 Å². The molecule has 0 bridgehead atoms. The number of allylic oxidation sites excluding steroid dienone is 4. The molecule has 0 radical (unpaired) electrons. The Bertz CT molecular complexity index is 200. The van der Waals surface area contributed by atoms with Crippen LogP contribution in [-0.2, 0) is 0 Å². The lowest BCUT2D eigenvalue weighted by Gasteiger charge is -1.95. The lowest BCUT2D eigenvalue weighted by atomic mass is 10.1. The third-order valence-corrected chi connectivity index (χ3v) is 3.03. The second-order valence-corrected chi connectivity index (χ2v) is 4.26. The van der Waals surface area contributed by atoms with Crippen molar-refractivity contribution in [1.82, 2.24) is 0 Å². The Morgan fingerprint density at radius 1 is 1.00 bits per heavy atom. The van der Waals surface area contributed by atoms with Gasteiger partial charge < -0.3 is 0 Å². The van der Waals surface area contributed by atoms with Gasteiger partial charge in [0.25, 0.3) is 0 Å². The average Bonchev–Trinajstić information content (AvgIpc) is 2.07. The van der Waals surface area contributed by atoms with Gasteiger partial charge in [-0.2, -0.15) is 0 Å². The summed E-state index contributed by atoms with van der Waals surface area (Å²) < 4.78 is 0. The molecule has 0 aromatic rings. The first-order valence-electron chi connectivity index (χ1n) is 3.25. The molecular formula is C9H10S2. The van der Waals surface area contributed by atoms with E-state index < -0.39 is 0 Å². The zero-order valence-corrected chi connectivity index (χ0v) is 7.88. The van der Waals surface area contributed by atoms with E-state index in [9.17, 15) is 0 Å². The Kier molecular flexibility index (Phi) is 3.60. The Morgan fingerprint density at radius 2 is 1.45 bits per heavy atom. The highest BCUT2D eigenvalue weighted by molar-refractivity contribution is 8.18. The van der Waals surface area contributed by atoms with Crippen LogP contribution in [0.5, 0.6) is 0 Å². The molecule has 0 aromatic carbocycles. The fourth-order valence-electron chi connectivity index (χ4n) is 0.592. The lowest BCUT2D eigenvalue weighted by Crippen LogP contribution is -1.75. The van der Waals surface area contributed by atoms with E-state index in [4.69, 9.17) is 0 Å². The minimum absolute atomic E-state index is 0.997. The molecule has 58 valence electrons. The molecular weight excluding hydrogens is 172 g/mol.